The number of rotatable bonds is 4. The summed E-state index contributed by atoms with van der Waals surface area (Å²) in [7, 11) is 0. The molecule has 2 aliphatic rings. The molecule has 21 heavy (non-hydrogen) atoms. The molecule has 2 heterocycles. The molecule has 3 rings (SSSR count). The van der Waals surface area contributed by atoms with E-state index in [0.29, 0.717) is 12.0 Å². The first-order chi connectivity index (χ1) is 10.2. The molecule has 4 unspecified atom stereocenters. The fraction of sp³-hybridized carbons (Fsp3) is 0.647. The van der Waals surface area contributed by atoms with Crippen molar-refractivity contribution in [3.05, 3.63) is 30.1 Å². The summed E-state index contributed by atoms with van der Waals surface area (Å²) in [6.45, 7) is 3.88. The maximum Gasteiger partial charge on any atom is 0.224 e. The van der Waals surface area contributed by atoms with Crippen molar-refractivity contribution >= 4 is 5.91 Å². The lowest BCUT2D eigenvalue weighted by Crippen LogP contribution is -2.53. The van der Waals surface area contributed by atoms with Crippen LogP contribution in [0.3, 0.4) is 0 Å². The van der Waals surface area contributed by atoms with Crippen molar-refractivity contribution in [2.75, 3.05) is 6.54 Å². The molecule has 4 nitrogen and oxygen atoms in total. The third kappa shape index (κ3) is 3.62. The molecule has 1 aromatic rings. The molecule has 4 heteroatoms. The van der Waals surface area contributed by atoms with Gasteiger partial charge in [-0.1, -0.05) is 13.0 Å². The van der Waals surface area contributed by atoms with Gasteiger partial charge in [-0.2, -0.15) is 0 Å². The van der Waals surface area contributed by atoms with Gasteiger partial charge in [-0.05, 0) is 49.1 Å². The first-order valence-corrected chi connectivity index (χ1v) is 8.12. The van der Waals surface area contributed by atoms with Crippen LogP contribution in [0.2, 0.25) is 0 Å². The van der Waals surface area contributed by atoms with Crippen molar-refractivity contribution in [3.8, 4) is 0 Å². The van der Waals surface area contributed by atoms with Crippen molar-refractivity contribution < 1.29 is 4.79 Å². The molecule has 1 aromatic heterocycles. The number of carbonyl (C=O) groups is 1. The van der Waals surface area contributed by atoms with Crippen LogP contribution in [0.25, 0.3) is 0 Å². The van der Waals surface area contributed by atoms with Crippen LogP contribution in [0.1, 0.15) is 38.2 Å². The van der Waals surface area contributed by atoms with Crippen LogP contribution in [0.4, 0.5) is 0 Å². The van der Waals surface area contributed by atoms with Gasteiger partial charge in [-0.15, -0.1) is 0 Å². The Bertz CT molecular complexity index is 476. The average Bonchev–Trinajstić information content (AvgIpc) is 2.49. The SMILES string of the molecule is CC1CCC2NC(=O)C(CNCc3cccnc3)CC2C1. The average molecular weight is 287 g/mol. The smallest absolute Gasteiger partial charge is 0.224 e. The van der Waals surface area contributed by atoms with E-state index in [-0.39, 0.29) is 11.8 Å². The van der Waals surface area contributed by atoms with E-state index in [9.17, 15) is 4.79 Å². The van der Waals surface area contributed by atoms with Crippen molar-refractivity contribution in [1.29, 1.82) is 0 Å². The Morgan fingerprint density at radius 3 is 3.10 bits per heavy atom. The monoisotopic (exact) mass is 287 g/mol. The Labute approximate surface area is 126 Å². The number of piperidine rings is 1. The molecule has 0 bridgehead atoms. The normalized spacial score (nSPS) is 32.3. The fourth-order valence-corrected chi connectivity index (χ4v) is 3.79. The molecule has 1 saturated carbocycles. The van der Waals surface area contributed by atoms with Crippen LogP contribution < -0.4 is 10.6 Å². The van der Waals surface area contributed by atoms with E-state index in [1.807, 2.05) is 12.3 Å². The molecule has 2 fully saturated rings. The molecule has 4 atom stereocenters. The molecule has 114 valence electrons. The highest BCUT2D eigenvalue weighted by molar-refractivity contribution is 5.80. The summed E-state index contributed by atoms with van der Waals surface area (Å²) in [6, 6.07) is 4.43. The van der Waals surface area contributed by atoms with Gasteiger partial charge in [0.15, 0.2) is 0 Å². The maximum atomic E-state index is 12.2. The summed E-state index contributed by atoms with van der Waals surface area (Å²) in [5.74, 6) is 1.85. The Kier molecular flexibility index (Phi) is 4.54. The zero-order chi connectivity index (χ0) is 14.7. The van der Waals surface area contributed by atoms with E-state index in [0.717, 1.165) is 37.4 Å². The number of fused-ring (bicyclic) bond motifs is 1. The molecule has 1 amide bonds. The summed E-state index contributed by atoms with van der Waals surface area (Å²) >= 11 is 0. The molecule has 0 aromatic carbocycles. The van der Waals surface area contributed by atoms with Crippen molar-refractivity contribution in [2.24, 2.45) is 17.8 Å². The largest absolute Gasteiger partial charge is 0.353 e. The lowest BCUT2D eigenvalue weighted by atomic mass is 9.72. The van der Waals surface area contributed by atoms with Crippen LogP contribution in [0, 0.1) is 17.8 Å². The second kappa shape index (κ2) is 6.56. The molecule has 0 spiro atoms. The second-order valence-corrected chi connectivity index (χ2v) is 6.72. The van der Waals surface area contributed by atoms with Gasteiger partial charge in [0.1, 0.15) is 0 Å². The zero-order valence-electron chi connectivity index (χ0n) is 12.7. The first kappa shape index (κ1) is 14.5. The van der Waals surface area contributed by atoms with Gasteiger partial charge in [-0.3, -0.25) is 9.78 Å². The molecular weight excluding hydrogens is 262 g/mol. The summed E-state index contributed by atoms with van der Waals surface area (Å²) < 4.78 is 0. The standard InChI is InChI=1S/C17H25N3O/c1-12-4-5-16-14(7-12)8-15(17(21)20-16)11-19-10-13-3-2-6-18-9-13/h2-3,6,9,12,14-16,19H,4-5,7-8,10-11H2,1H3,(H,20,21). The lowest BCUT2D eigenvalue weighted by molar-refractivity contribution is -0.130. The number of pyridine rings is 1. The van der Waals surface area contributed by atoms with Crippen LogP contribution in [-0.4, -0.2) is 23.5 Å². The highest BCUT2D eigenvalue weighted by Crippen LogP contribution is 2.35. The minimum atomic E-state index is 0.119. The van der Waals surface area contributed by atoms with Gasteiger partial charge < -0.3 is 10.6 Å². The highest BCUT2D eigenvalue weighted by Gasteiger charge is 2.38. The van der Waals surface area contributed by atoms with Crippen LogP contribution >= 0.6 is 0 Å². The van der Waals surface area contributed by atoms with Gasteiger partial charge in [-0.25, -0.2) is 0 Å². The molecule has 2 N–H and O–H groups in total. The van der Waals surface area contributed by atoms with E-state index in [4.69, 9.17) is 0 Å². The Hall–Kier alpha value is -1.42. The lowest BCUT2D eigenvalue weighted by Gasteiger charge is -2.41. The second-order valence-electron chi connectivity index (χ2n) is 6.72. The van der Waals surface area contributed by atoms with Crippen molar-refractivity contribution in [3.63, 3.8) is 0 Å². The first-order valence-electron chi connectivity index (χ1n) is 8.12. The quantitative estimate of drug-likeness (QED) is 0.892. The number of carbonyl (C=O) groups excluding carboxylic acids is 1. The minimum Gasteiger partial charge on any atom is -0.353 e. The van der Waals surface area contributed by atoms with Gasteiger partial charge in [0.2, 0.25) is 5.91 Å². The highest BCUT2D eigenvalue weighted by atomic mass is 16.2. The number of hydrogen-bond donors (Lipinski definition) is 2. The van der Waals surface area contributed by atoms with E-state index < -0.39 is 0 Å². The Morgan fingerprint density at radius 2 is 2.29 bits per heavy atom. The number of aromatic nitrogens is 1. The van der Waals surface area contributed by atoms with Gasteiger partial charge in [0.25, 0.3) is 0 Å². The molecule has 1 saturated heterocycles. The molecular formula is C17H25N3O. The minimum absolute atomic E-state index is 0.119. The van der Waals surface area contributed by atoms with Crippen molar-refractivity contribution in [1.82, 2.24) is 15.6 Å². The molecule has 0 radical (unpaired) electrons. The van der Waals surface area contributed by atoms with Crippen LogP contribution in [0.5, 0.6) is 0 Å². The van der Waals surface area contributed by atoms with Gasteiger partial charge in [0.05, 0.1) is 5.92 Å². The topological polar surface area (TPSA) is 54.0 Å². The zero-order valence-corrected chi connectivity index (χ0v) is 12.7. The predicted octanol–water partition coefficient (Wildman–Crippen LogP) is 2.11. The van der Waals surface area contributed by atoms with E-state index in [1.165, 1.54) is 12.8 Å². The Balaban J connectivity index is 1.50. The van der Waals surface area contributed by atoms with E-state index >= 15 is 0 Å². The molecule has 1 aliphatic heterocycles. The number of amides is 1. The number of nitrogens with one attached hydrogen (secondary N) is 2. The number of hydrogen-bond acceptors (Lipinski definition) is 3. The summed E-state index contributed by atoms with van der Waals surface area (Å²) in [4.78, 5) is 16.3. The molecule has 1 aliphatic carbocycles. The van der Waals surface area contributed by atoms with E-state index in [2.05, 4.69) is 28.6 Å². The van der Waals surface area contributed by atoms with Crippen LogP contribution in [0.15, 0.2) is 24.5 Å². The van der Waals surface area contributed by atoms with Crippen molar-refractivity contribution in [2.45, 2.75) is 45.2 Å². The third-order valence-electron chi connectivity index (χ3n) is 4.97. The summed E-state index contributed by atoms with van der Waals surface area (Å²) in [6.07, 6.45) is 8.37. The fourth-order valence-electron chi connectivity index (χ4n) is 3.79. The third-order valence-corrected chi connectivity index (χ3v) is 4.97. The van der Waals surface area contributed by atoms with Gasteiger partial charge >= 0.3 is 0 Å². The Morgan fingerprint density at radius 1 is 1.38 bits per heavy atom. The maximum absolute atomic E-state index is 12.2. The number of nitrogens with zero attached hydrogens (tertiary/aromatic N) is 1. The predicted molar refractivity (Wildman–Crippen MR) is 82.5 cm³/mol. The van der Waals surface area contributed by atoms with Gasteiger partial charge in [0, 0.05) is 31.5 Å². The summed E-state index contributed by atoms with van der Waals surface area (Å²) in [5, 5.41) is 6.65. The summed E-state index contributed by atoms with van der Waals surface area (Å²) in [5.41, 5.74) is 1.16. The van der Waals surface area contributed by atoms with E-state index in [1.54, 1.807) is 6.20 Å². The van der Waals surface area contributed by atoms with Crippen LogP contribution in [-0.2, 0) is 11.3 Å².